The molecule has 0 aliphatic rings. The number of nitrogens with one attached hydrogen (secondary N) is 1. The van der Waals surface area contributed by atoms with Crippen LogP contribution in [0.5, 0.6) is 0 Å². The molecule has 60 valence electrons. The van der Waals surface area contributed by atoms with Gasteiger partial charge in [0.1, 0.15) is 0 Å². The Bertz CT molecular complexity index is 199. The highest BCUT2D eigenvalue weighted by molar-refractivity contribution is 5.40. The van der Waals surface area contributed by atoms with Gasteiger partial charge in [0, 0.05) is 24.6 Å². The molecule has 0 saturated carbocycles. The molecule has 3 heteroatoms. The number of aliphatic hydroxyl groups excluding tert-OH is 1. The predicted octanol–water partition coefficient (Wildman–Crippen LogP) is 0.874. The first kappa shape index (κ1) is 8.01. The number of hydrogen-bond donors (Lipinski definition) is 2. The van der Waals surface area contributed by atoms with Crippen LogP contribution < -0.4 is 5.32 Å². The molecule has 0 aliphatic heterocycles. The van der Waals surface area contributed by atoms with Crippen LogP contribution >= 0.6 is 0 Å². The summed E-state index contributed by atoms with van der Waals surface area (Å²) in [5.41, 5.74) is 0.987. The van der Waals surface area contributed by atoms with Crippen LogP contribution in [-0.4, -0.2) is 22.7 Å². The van der Waals surface area contributed by atoms with Gasteiger partial charge in [-0.1, -0.05) is 0 Å². The molecule has 0 spiro atoms. The number of aliphatic hydroxyl groups is 1. The second kappa shape index (κ2) is 3.93. The molecule has 1 aromatic rings. The number of aromatic nitrogens is 1. The van der Waals surface area contributed by atoms with Crippen LogP contribution in [0.1, 0.15) is 6.92 Å². The largest absolute Gasteiger partial charge is 0.392 e. The second-order valence-corrected chi connectivity index (χ2v) is 2.47. The summed E-state index contributed by atoms with van der Waals surface area (Å²) in [6.07, 6.45) is 3.11. The van der Waals surface area contributed by atoms with E-state index in [2.05, 4.69) is 10.3 Å². The molecule has 0 bridgehead atoms. The molecule has 0 radical (unpaired) electrons. The zero-order valence-corrected chi connectivity index (χ0v) is 6.49. The average Bonchev–Trinajstić information content (AvgIpc) is 2.03. The van der Waals surface area contributed by atoms with E-state index in [1.165, 1.54) is 0 Å². The maximum absolute atomic E-state index is 8.94. The van der Waals surface area contributed by atoms with Crippen molar-refractivity contribution in [3.8, 4) is 0 Å². The molecular formula is C8H12N2O. The maximum Gasteiger partial charge on any atom is 0.0684 e. The van der Waals surface area contributed by atoms with E-state index >= 15 is 0 Å². The van der Waals surface area contributed by atoms with Gasteiger partial charge in [0.2, 0.25) is 0 Å². The molecule has 2 N–H and O–H groups in total. The Balaban J connectivity index is 2.39. The highest BCUT2D eigenvalue weighted by Gasteiger charge is 1.93. The highest BCUT2D eigenvalue weighted by Crippen LogP contribution is 2.02. The standard InChI is InChI=1S/C8H12N2O/c1-7(11)6-10-8-2-4-9-5-3-8/h2-5,7,11H,6H2,1H3,(H,9,10)/t7-/m1/s1. The number of nitrogens with zero attached hydrogens (tertiary/aromatic N) is 1. The van der Waals surface area contributed by atoms with E-state index in [0.29, 0.717) is 6.54 Å². The fourth-order valence-corrected chi connectivity index (χ4v) is 0.735. The van der Waals surface area contributed by atoms with Crippen molar-refractivity contribution in [2.24, 2.45) is 0 Å². The monoisotopic (exact) mass is 152 g/mol. The highest BCUT2D eigenvalue weighted by atomic mass is 16.3. The third-order valence-corrected chi connectivity index (χ3v) is 1.28. The summed E-state index contributed by atoms with van der Waals surface area (Å²) in [6, 6.07) is 3.73. The van der Waals surface area contributed by atoms with Gasteiger partial charge in [0.05, 0.1) is 6.10 Å². The van der Waals surface area contributed by atoms with Crippen molar-refractivity contribution in [2.75, 3.05) is 11.9 Å². The summed E-state index contributed by atoms with van der Waals surface area (Å²) >= 11 is 0. The fraction of sp³-hybridized carbons (Fsp3) is 0.375. The van der Waals surface area contributed by atoms with E-state index in [1.807, 2.05) is 12.1 Å². The minimum atomic E-state index is -0.317. The summed E-state index contributed by atoms with van der Waals surface area (Å²) < 4.78 is 0. The molecule has 1 aromatic heterocycles. The number of anilines is 1. The van der Waals surface area contributed by atoms with E-state index in [4.69, 9.17) is 5.11 Å². The molecule has 1 atom stereocenters. The normalized spacial score (nSPS) is 12.5. The van der Waals surface area contributed by atoms with Gasteiger partial charge in [-0.15, -0.1) is 0 Å². The van der Waals surface area contributed by atoms with Crippen LogP contribution in [0.4, 0.5) is 5.69 Å². The molecule has 0 fully saturated rings. The van der Waals surface area contributed by atoms with Crippen LogP contribution in [0.3, 0.4) is 0 Å². The van der Waals surface area contributed by atoms with Gasteiger partial charge in [-0.2, -0.15) is 0 Å². The summed E-state index contributed by atoms with van der Waals surface area (Å²) in [5.74, 6) is 0. The summed E-state index contributed by atoms with van der Waals surface area (Å²) in [7, 11) is 0. The zero-order valence-electron chi connectivity index (χ0n) is 6.49. The van der Waals surface area contributed by atoms with Crippen LogP contribution in [0, 0.1) is 0 Å². The van der Waals surface area contributed by atoms with Gasteiger partial charge >= 0.3 is 0 Å². The van der Waals surface area contributed by atoms with Crippen LogP contribution in [0.2, 0.25) is 0 Å². The van der Waals surface area contributed by atoms with E-state index in [-0.39, 0.29) is 6.10 Å². The Morgan fingerprint density at radius 3 is 2.73 bits per heavy atom. The Morgan fingerprint density at radius 2 is 2.18 bits per heavy atom. The molecule has 0 saturated heterocycles. The Kier molecular flexibility index (Phi) is 2.86. The van der Waals surface area contributed by atoms with Gasteiger partial charge < -0.3 is 10.4 Å². The Hall–Kier alpha value is -1.09. The molecule has 1 heterocycles. The van der Waals surface area contributed by atoms with Gasteiger partial charge in [-0.05, 0) is 19.1 Å². The molecule has 0 aliphatic carbocycles. The number of hydrogen-bond acceptors (Lipinski definition) is 3. The van der Waals surface area contributed by atoms with E-state index < -0.39 is 0 Å². The van der Waals surface area contributed by atoms with Crippen molar-refractivity contribution in [1.29, 1.82) is 0 Å². The zero-order chi connectivity index (χ0) is 8.10. The number of pyridine rings is 1. The SMILES string of the molecule is C[C@@H](O)CNc1ccncc1. The van der Waals surface area contributed by atoms with Crippen LogP contribution in [0.15, 0.2) is 24.5 Å². The molecule has 0 unspecified atom stereocenters. The lowest BCUT2D eigenvalue weighted by Gasteiger charge is -2.06. The van der Waals surface area contributed by atoms with E-state index in [9.17, 15) is 0 Å². The van der Waals surface area contributed by atoms with Gasteiger partial charge in [-0.25, -0.2) is 0 Å². The van der Waals surface area contributed by atoms with E-state index in [0.717, 1.165) is 5.69 Å². The molecule has 0 amide bonds. The lowest BCUT2D eigenvalue weighted by molar-refractivity contribution is 0.208. The first-order valence-corrected chi connectivity index (χ1v) is 3.61. The topological polar surface area (TPSA) is 45.1 Å². The molecule has 3 nitrogen and oxygen atoms in total. The quantitative estimate of drug-likeness (QED) is 0.675. The molecule has 11 heavy (non-hydrogen) atoms. The van der Waals surface area contributed by atoms with Crippen molar-refractivity contribution in [3.05, 3.63) is 24.5 Å². The van der Waals surface area contributed by atoms with Gasteiger partial charge in [-0.3, -0.25) is 4.98 Å². The first-order chi connectivity index (χ1) is 5.29. The van der Waals surface area contributed by atoms with Gasteiger partial charge in [0.15, 0.2) is 0 Å². The van der Waals surface area contributed by atoms with Gasteiger partial charge in [0.25, 0.3) is 0 Å². The van der Waals surface area contributed by atoms with Crippen molar-refractivity contribution in [3.63, 3.8) is 0 Å². The fourth-order valence-electron chi connectivity index (χ4n) is 0.735. The Morgan fingerprint density at radius 1 is 1.55 bits per heavy atom. The smallest absolute Gasteiger partial charge is 0.0684 e. The maximum atomic E-state index is 8.94. The Labute approximate surface area is 66.1 Å². The molecule has 0 aromatic carbocycles. The van der Waals surface area contributed by atoms with Crippen molar-refractivity contribution in [1.82, 2.24) is 4.98 Å². The number of rotatable bonds is 3. The van der Waals surface area contributed by atoms with Crippen LogP contribution in [0.25, 0.3) is 0 Å². The second-order valence-electron chi connectivity index (χ2n) is 2.47. The molecule has 1 rings (SSSR count). The van der Waals surface area contributed by atoms with Crippen LogP contribution in [-0.2, 0) is 0 Å². The van der Waals surface area contributed by atoms with Crippen molar-refractivity contribution < 1.29 is 5.11 Å². The minimum absolute atomic E-state index is 0.317. The lowest BCUT2D eigenvalue weighted by atomic mass is 10.3. The summed E-state index contributed by atoms with van der Waals surface area (Å²) in [6.45, 7) is 2.32. The predicted molar refractivity (Wildman–Crippen MR) is 44.4 cm³/mol. The minimum Gasteiger partial charge on any atom is -0.392 e. The van der Waals surface area contributed by atoms with E-state index in [1.54, 1.807) is 19.3 Å². The lowest BCUT2D eigenvalue weighted by Crippen LogP contribution is -2.15. The summed E-state index contributed by atoms with van der Waals surface area (Å²) in [5, 5.41) is 12.0. The first-order valence-electron chi connectivity index (χ1n) is 3.61. The average molecular weight is 152 g/mol. The summed E-state index contributed by atoms with van der Waals surface area (Å²) in [4.78, 5) is 3.87. The van der Waals surface area contributed by atoms with Crippen molar-refractivity contribution in [2.45, 2.75) is 13.0 Å². The van der Waals surface area contributed by atoms with Crippen molar-refractivity contribution >= 4 is 5.69 Å². The third kappa shape index (κ3) is 3.00. The molecular weight excluding hydrogens is 140 g/mol. The third-order valence-electron chi connectivity index (χ3n) is 1.28.